The fraction of sp³-hybridized carbons (Fsp3) is 0.467. The molecule has 0 spiro atoms. The van der Waals surface area contributed by atoms with Gasteiger partial charge in [-0.1, -0.05) is 17.3 Å². The van der Waals surface area contributed by atoms with E-state index >= 15 is 0 Å². The van der Waals surface area contributed by atoms with E-state index in [0.29, 0.717) is 24.4 Å². The lowest BCUT2D eigenvalue weighted by Gasteiger charge is -2.32. The molecule has 1 N–H and O–H groups in total. The molecule has 1 fully saturated rings. The average molecular weight is 337 g/mol. The first-order valence-corrected chi connectivity index (χ1v) is 9.40. The number of carbonyl (C=O) groups is 1. The molecule has 23 heavy (non-hydrogen) atoms. The van der Waals surface area contributed by atoms with E-state index in [0.717, 1.165) is 24.5 Å². The number of carbonyl (C=O) groups excluding carboxylic acids is 1. The Labute approximate surface area is 134 Å². The van der Waals surface area contributed by atoms with Crippen LogP contribution in [0, 0.1) is 0 Å². The molecular formula is C15H19N3O4S. The zero-order chi connectivity index (χ0) is 16.4. The Morgan fingerprint density at radius 3 is 3.00 bits per heavy atom. The van der Waals surface area contributed by atoms with E-state index in [9.17, 15) is 13.2 Å². The molecule has 1 aromatic carbocycles. The van der Waals surface area contributed by atoms with Gasteiger partial charge in [-0.25, -0.2) is 13.1 Å². The van der Waals surface area contributed by atoms with Gasteiger partial charge in [0.15, 0.2) is 5.58 Å². The second-order valence-electron chi connectivity index (χ2n) is 5.87. The number of nitrogens with one attached hydrogen (secondary N) is 1. The van der Waals surface area contributed by atoms with Gasteiger partial charge in [0.25, 0.3) is 0 Å². The number of likely N-dealkylation sites (tertiary alicyclic amines) is 1. The summed E-state index contributed by atoms with van der Waals surface area (Å²) >= 11 is 0. The van der Waals surface area contributed by atoms with Crippen molar-refractivity contribution in [3.63, 3.8) is 0 Å². The van der Waals surface area contributed by atoms with Crippen molar-refractivity contribution in [3.8, 4) is 0 Å². The summed E-state index contributed by atoms with van der Waals surface area (Å²) in [6.07, 6.45) is 2.81. The van der Waals surface area contributed by atoms with Crippen LogP contribution in [0.4, 0.5) is 0 Å². The standard InChI is InChI=1S/C15H19N3O4S/c1-23(20,21)17-11-5-4-8-18(10-11)15(19)9-13-12-6-2-3-7-14(12)22-16-13/h2-3,6-7,11,17H,4-5,8-10H2,1H3. The second-order valence-corrected chi connectivity index (χ2v) is 7.65. The third kappa shape index (κ3) is 3.89. The van der Waals surface area contributed by atoms with Crippen LogP contribution in [-0.2, 0) is 21.2 Å². The topological polar surface area (TPSA) is 92.5 Å². The van der Waals surface area contributed by atoms with Crippen LogP contribution >= 0.6 is 0 Å². The van der Waals surface area contributed by atoms with Crippen LogP contribution < -0.4 is 4.72 Å². The van der Waals surface area contributed by atoms with E-state index < -0.39 is 10.0 Å². The Morgan fingerprint density at radius 2 is 2.22 bits per heavy atom. The molecule has 8 heteroatoms. The molecule has 1 aromatic heterocycles. The molecule has 0 bridgehead atoms. The van der Waals surface area contributed by atoms with E-state index in [1.807, 2.05) is 24.3 Å². The van der Waals surface area contributed by atoms with Gasteiger partial charge in [-0.3, -0.25) is 4.79 Å². The van der Waals surface area contributed by atoms with Crippen molar-refractivity contribution in [2.75, 3.05) is 19.3 Å². The molecule has 0 aliphatic carbocycles. The van der Waals surface area contributed by atoms with Gasteiger partial charge in [0.2, 0.25) is 15.9 Å². The van der Waals surface area contributed by atoms with Crippen LogP contribution in [0.15, 0.2) is 28.8 Å². The number of piperidine rings is 1. The Bertz CT molecular complexity index is 815. The highest BCUT2D eigenvalue weighted by Gasteiger charge is 2.26. The lowest BCUT2D eigenvalue weighted by atomic mass is 10.1. The van der Waals surface area contributed by atoms with Crippen molar-refractivity contribution in [1.29, 1.82) is 0 Å². The number of para-hydroxylation sites is 1. The first kappa shape index (κ1) is 15.9. The van der Waals surface area contributed by atoms with Gasteiger partial charge in [0, 0.05) is 24.5 Å². The Kier molecular flexibility index (Phi) is 4.36. The summed E-state index contributed by atoms with van der Waals surface area (Å²) < 4.78 is 30.5. The quantitative estimate of drug-likeness (QED) is 0.895. The van der Waals surface area contributed by atoms with Crippen molar-refractivity contribution in [2.24, 2.45) is 0 Å². The maximum Gasteiger partial charge on any atom is 0.228 e. The Morgan fingerprint density at radius 1 is 1.43 bits per heavy atom. The third-order valence-corrected chi connectivity index (χ3v) is 4.69. The molecule has 1 unspecified atom stereocenters. The first-order valence-electron chi connectivity index (χ1n) is 7.51. The molecule has 2 heterocycles. The fourth-order valence-corrected chi connectivity index (χ4v) is 3.72. The molecular weight excluding hydrogens is 318 g/mol. The fourth-order valence-electron chi connectivity index (χ4n) is 2.92. The molecule has 1 saturated heterocycles. The van der Waals surface area contributed by atoms with E-state index in [-0.39, 0.29) is 18.4 Å². The lowest BCUT2D eigenvalue weighted by Crippen LogP contribution is -2.49. The third-order valence-electron chi connectivity index (χ3n) is 3.93. The van der Waals surface area contributed by atoms with Gasteiger partial charge >= 0.3 is 0 Å². The maximum absolute atomic E-state index is 12.5. The van der Waals surface area contributed by atoms with Crippen molar-refractivity contribution in [1.82, 2.24) is 14.8 Å². The minimum Gasteiger partial charge on any atom is -0.356 e. The van der Waals surface area contributed by atoms with Gasteiger partial charge in [0.05, 0.1) is 12.7 Å². The van der Waals surface area contributed by atoms with Gasteiger partial charge in [-0.2, -0.15) is 0 Å². The summed E-state index contributed by atoms with van der Waals surface area (Å²) in [5, 5.41) is 4.81. The highest BCUT2D eigenvalue weighted by molar-refractivity contribution is 7.88. The van der Waals surface area contributed by atoms with Crippen LogP contribution in [0.25, 0.3) is 11.0 Å². The average Bonchev–Trinajstić information content (AvgIpc) is 2.89. The van der Waals surface area contributed by atoms with Gasteiger partial charge in [0.1, 0.15) is 5.69 Å². The van der Waals surface area contributed by atoms with Gasteiger partial charge < -0.3 is 9.42 Å². The Hall–Kier alpha value is -1.93. The predicted molar refractivity (Wildman–Crippen MR) is 85.3 cm³/mol. The number of sulfonamides is 1. The normalized spacial score (nSPS) is 19.2. The van der Waals surface area contributed by atoms with Crippen LogP contribution in [0.1, 0.15) is 18.5 Å². The van der Waals surface area contributed by atoms with Crippen molar-refractivity contribution in [3.05, 3.63) is 30.0 Å². The number of aromatic nitrogens is 1. The minimum atomic E-state index is -3.27. The predicted octanol–water partition coefficient (Wildman–Crippen LogP) is 0.910. The largest absolute Gasteiger partial charge is 0.356 e. The molecule has 1 amide bonds. The van der Waals surface area contributed by atoms with Crippen LogP contribution in [-0.4, -0.2) is 49.8 Å². The summed E-state index contributed by atoms with van der Waals surface area (Å²) in [4.78, 5) is 14.2. The molecule has 2 aromatic rings. The Balaban J connectivity index is 1.68. The summed E-state index contributed by atoms with van der Waals surface area (Å²) in [6, 6.07) is 7.19. The molecule has 124 valence electrons. The van der Waals surface area contributed by atoms with Crippen molar-refractivity contribution < 1.29 is 17.7 Å². The van der Waals surface area contributed by atoms with Crippen molar-refractivity contribution >= 4 is 26.9 Å². The van der Waals surface area contributed by atoms with E-state index in [1.54, 1.807) is 4.90 Å². The molecule has 3 rings (SSSR count). The van der Waals surface area contributed by atoms with E-state index in [2.05, 4.69) is 9.88 Å². The monoisotopic (exact) mass is 337 g/mol. The van der Waals surface area contributed by atoms with Crippen LogP contribution in [0.5, 0.6) is 0 Å². The first-order chi connectivity index (χ1) is 10.9. The second kappa shape index (κ2) is 6.29. The number of hydrogen-bond acceptors (Lipinski definition) is 5. The van der Waals surface area contributed by atoms with Crippen molar-refractivity contribution in [2.45, 2.75) is 25.3 Å². The van der Waals surface area contributed by atoms with Gasteiger partial charge in [-0.15, -0.1) is 0 Å². The molecule has 1 aliphatic rings. The summed E-state index contributed by atoms with van der Waals surface area (Å²) in [5.41, 5.74) is 1.27. The van der Waals surface area contributed by atoms with E-state index in [1.165, 1.54) is 0 Å². The minimum absolute atomic E-state index is 0.0657. The number of fused-ring (bicyclic) bond motifs is 1. The summed E-state index contributed by atoms with van der Waals surface area (Å²) in [5.74, 6) is -0.0657. The molecule has 0 radical (unpaired) electrons. The summed E-state index contributed by atoms with van der Waals surface area (Å²) in [6.45, 7) is 1.03. The SMILES string of the molecule is CS(=O)(=O)NC1CCCN(C(=O)Cc2noc3ccccc23)C1. The lowest BCUT2D eigenvalue weighted by molar-refractivity contribution is -0.131. The van der Waals surface area contributed by atoms with Crippen LogP contribution in [0.2, 0.25) is 0 Å². The molecule has 0 saturated carbocycles. The highest BCUT2D eigenvalue weighted by Crippen LogP contribution is 2.19. The molecule has 1 atom stereocenters. The molecule has 1 aliphatic heterocycles. The zero-order valence-electron chi connectivity index (χ0n) is 12.9. The number of rotatable bonds is 4. The number of benzene rings is 1. The summed E-state index contributed by atoms with van der Waals surface area (Å²) in [7, 11) is -3.27. The molecule has 7 nitrogen and oxygen atoms in total. The maximum atomic E-state index is 12.5. The highest BCUT2D eigenvalue weighted by atomic mass is 32.2. The number of hydrogen-bond donors (Lipinski definition) is 1. The number of amides is 1. The zero-order valence-corrected chi connectivity index (χ0v) is 13.7. The van der Waals surface area contributed by atoms with Gasteiger partial charge in [-0.05, 0) is 25.0 Å². The smallest absolute Gasteiger partial charge is 0.228 e. The number of nitrogens with zero attached hydrogens (tertiary/aromatic N) is 2. The van der Waals surface area contributed by atoms with E-state index in [4.69, 9.17) is 4.52 Å². The van der Waals surface area contributed by atoms with Crippen LogP contribution in [0.3, 0.4) is 0 Å².